The topological polar surface area (TPSA) is 20.3 Å². The third-order valence-corrected chi connectivity index (χ3v) is 7.92. The summed E-state index contributed by atoms with van der Waals surface area (Å²) in [5, 5.41) is 0.371. The summed E-state index contributed by atoms with van der Waals surface area (Å²) in [4.78, 5) is 12.2. The van der Waals surface area contributed by atoms with Crippen molar-refractivity contribution < 1.29 is 4.79 Å². The van der Waals surface area contributed by atoms with Gasteiger partial charge in [-0.1, -0.05) is 39.2 Å². The number of allylic oxidation sites excluding steroid dienone is 2. The summed E-state index contributed by atoms with van der Waals surface area (Å²) in [6.07, 6.45) is 8.38. The molecule has 0 saturated heterocycles. The molecule has 94 valence electrons. The number of carbonyl (C=O) groups excluding carboxylic acids is 1. The van der Waals surface area contributed by atoms with E-state index in [0.29, 0.717) is 5.41 Å². The molecule has 0 aromatic carbocycles. The van der Waals surface area contributed by atoms with Crippen molar-refractivity contribution in [2.24, 2.45) is 0 Å². The zero-order chi connectivity index (χ0) is 12.6. The maximum Gasteiger partial charge on any atom is 0.206 e. The van der Waals surface area contributed by atoms with Gasteiger partial charge in [-0.15, -0.1) is 0 Å². The van der Waals surface area contributed by atoms with Gasteiger partial charge >= 0.3 is 0 Å². The van der Waals surface area contributed by atoms with Crippen LogP contribution >= 0.6 is 0 Å². The summed E-state index contributed by atoms with van der Waals surface area (Å²) in [6.45, 7) is 6.50. The maximum absolute atomic E-state index is 12.2. The summed E-state index contributed by atoms with van der Waals surface area (Å²) in [7, 11) is 2.20. The Morgan fingerprint density at radius 1 is 1.25 bits per heavy atom. The van der Waals surface area contributed by atoms with E-state index in [4.69, 9.17) is 0 Å². The van der Waals surface area contributed by atoms with Crippen molar-refractivity contribution in [2.45, 2.75) is 52.1 Å². The first-order valence-corrected chi connectivity index (χ1v) is 9.02. The molecule has 16 heavy (non-hydrogen) atoms. The molecular formula is C13H27NOSi. The van der Waals surface area contributed by atoms with Gasteiger partial charge in [-0.3, -0.25) is 4.79 Å². The van der Waals surface area contributed by atoms with Gasteiger partial charge in [-0.25, -0.2) is 0 Å². The fraction of sp³-hybridized carbons (Fsp3) is 0.769. The van der Waals surface area contributed by atoms with Crippen LogP contribution in [0.25, 0.3) is 0 Å². The van der Waals surface area contributed by atoms with Gasteiger partial charge in [-0.05, 0) is 39.2 Å². The average molecular weight is 241 g/mol. The lowest BCUT2D eigenvalue weighted by molar-refractivity contribution is -0.109. The average Bonchev–Trinajstić information content (AvgIpc) is 2.24. The minimum absolute atomic E-state index is 0.371. The van der Waals surface area contributed by atoms with Gasteiger partial charge in [0.05, 0.1) is 0 Å². The van der Waals surface area contributed by atoms with Crippen molar-refractivity contribution in [3.8, 4) is 0 Å². The quantitative estimate of drug-likeness (QED) is 0.369. The van der Waals surface area contributed by atoms with Crippen LogP contribution < -0.4 is 0 Å². The van der Waals surface area contributed by atoms with Gasteiger partial charge < -0.3 is 4.57 Å². The Bertz CT molecular complexity index is 238. The summed E-state index contributed by atoms with van der Waals surface area (Å²) in [6, 6.07) is 1.05. The molecule has 3 heteroatoms. The highest BCUT2D eigenvalue weighted by Gasteiger charge is 2.36. The zero-order valence-corrected chi connectivity index (χ0v) is 12.5. The van der Waals surface area contributed by atoms with Gasteiger partial charge in [0.1, 0.15) is 0 Å². The van der Waals surface area contributed by atoms with Crippen molar-refractivity contribution in [3.63, 3.8) is 0 Å². The Kier molecular flexibility index (Phi) is 7.59. The first-order chi connectivity index (χ1) is 7.49. The van der Waals surface area contributed by atoms with Crippen molar-refractivity contribution >= 4 is 13.6 Å². The van der Waals surface area contributed by atoms with Crippen LogP contribution in [0.3, 0.4) is 0 Å². The van der Waals surface area contributed by atoms with E-state index in [1.807, 2.05) is 20.2 Å². The van der Waals surface area contributed by atoms with Crippen LogP contribution in [0.2, 0.25) is 12.6 Å². The third-order valence-electron chi connectivity index (χ3n) is 3.25. The van der Waals surface area contributed by atoms with E-state index in [2.05, 4.69) is 31.0 Å². The first kappa shape index (κ1) is 15.6. The molecule has 0 radical (unpaired) electrons. The van der Waals surface area contributed by atoms with Crippen molar-refractivity contribution in [2.75, 3.05) is 14.1 Å². The largest absolute Gasteiger partial charge is 0.323 e. The molecule has 0 aromatic heterocycles. The van der Waals surface area contributed by atoms with E-state index in [1.165, 1.54) is 12.8 Å². The van der Waals surface area contributed by atoms with Gasteiger partial charge in [-0.2, -0.15) is 0 Å². The molecule has 0 saturated carbocycles. The lowest BCUT2D eigenvalue weighted by atomic mass is 10.2. The van der Waals surface area contributed by atoms with E-state index in [1.54, 1.807) is 0 Å². The van der Waals surface area contributed by atoms with Crippen molar-refractivity contribution in [1.29, 1.82) is 0 Å². The molecule has 0 N–H and O–H groups in total. The molecule has 0 rings (SSSR count). The first-order valence-electron chi connectivity index (χ1n) is 6.37. The maximum atomic E-state index is 12.2. The normalized spacial score (nSPS) is 15.6. The highest BCUT2D eigenvalue weighted by molar-refractivity contribution is 7.04. The summed E-state index contributed by atoms with van der Waals surface area (Å²) in [5.74, 6) is 0. The highest BCUT2D eigenvalue weighted by atomic mass is 28.3. The van der Waals surface area contributed by atoms with Crippen LogP contribution in [-0.4, -0.2) is 32.3 Å². The number of hydrogen-bond donors (Lipinski definition) is 0. The van der Waals surface area contributed by atoms with Gasteiger partial charge in [0, 0.05) is 0 Å². The fourth-order valence-electron chi connectivity index (χ4n) is 1.75. The molecule has 0 aliphatic rings. The SMILES string of the molecule is CCCC/C=C/C(=O)[Si](C)(CCC)N(C)C. The number of carbonyl (C=O) groups is 1. The molecule has 0 aliphatic carbocycles. The molecule has 0 aromatic rings. The molecule has 0 amide bonds. The minimum atomic E-state index is -1.88. The number of rotatable bonds is 8. The Balaban J connectivity index is 4.45. The van der Waals surface area contributed by atoms with E-state index in [0.717, 1.165) is 18.9 Å². The molecule has 0 fully saturated rings. The number of unbranched alkanes of at least 4 members (excludes halogenated alkanes) is 2. The summed E-state index contributed by atoms with van der Waals surface area (Å²) >= 11 is 0. The molecule has 1 atom stereocenters. The lowest BCUT2D eigenvalue weighted by Gasteiger charge is -2.31. The van der Waals surface area contributed by atoms with Crippen LogP contribution in [0.4, 0.5) is 0 Å². The van der Waals surface area contributed by atoms with Crippen LogP contribution in [0, 0.1) is 0 Å². The van der Waals surface area contributed by atoms with Crippen molar-refractivity contribution in [3.05, 3.63) is 12.2 Å². The number of nitrogens with zero attached hydrogens (tertiary/aromatic N) is 1. The molecule has 2 nitrogen and oxygen atoms in total. The third kappa shape index (κ3) is 4.62. The summed E-state index contributed by atoms with van der Waals surface area (Å²) in [5.41, 5.74) is 0. The predicted octanol–water partition coefficient (Wildman–Crippen LogP) is 3.39. The monoisotopic (exact) mass is 241 g/mol. The minimum Gasteiger partial charge on any atom is -0.323 e. The van der Waals surface area contributed by atoms with Crippen LogP contribution in [0.5, 0.6) is 0 Å². The van der Waals surface area contributed by atoms with Gasteiger partial charge in [0.15, 0.2) is 5.41 Å². The van der Waals surface area contributed by atoms with Gasteiger partial charge in [0.2, 0.25) is 8.24 Å². The second-order valence-electron chi connectivity index (χ2n) is 4.83. The Labute approximate surface area is 102 Å². The lowest BCUT2D eigenvalue weighted by Crippen LogP contribution is -2.53. The molecule has 0 heterocycles. The van der Waals surface area contributed by atoms with E-state index >= 15 is 0 Å². The van der Waals surface area contributed by atoms with Crippen LogP contribution in [0.1, 0.15) is 39.5 Å². The molecule has 0 aliphatic heterocycles. The molecule has 1 unspecified atom stereocenters. The zero-order valence-electron chi connectivity index (χ0n) is 11.5. The number of hydrogen-bond acceptors (Lipinski definition) is 2. The summed E-state index contributed by atoms with van der Waals surface area (Å²) < 4.78 is 2.17. The Hall–Kier alpha value is -0.413. The highest BCUT2D eigenvalue weighted by Crippen LogP contribution is 2.16. The van der Waals surface area contributed by atoms with Gasteiger partial charge in [0.25, 0.3) is 0 Å². The van der Waals surface area contributed by atoms with Crippen LogP contribution in [-0.2, 0) is 4.79 Å². The second kappa shape index (κ2) is 7.79. The Morgan fingerprint density at radius 2 is 1.88 bits per heavy atom. The molecule has 0 spiro atoms. The molecular weight excluding hydrogens is 214 g/mol. The molecule has 0 bridgehead atoms. The van der Waals surface area contributed by atoms with E-state index in [-0.39, 0.29) is 0 Å². The second-order valence-corrected chi connectivity index (χ2v) is 9.26. The van der Waals surface area contributed by atoms with E-state index in [9.17, 15) is 4.79 Å². The van der Waals surface area contributed by atoms with E-state index < -0.39 is 8.24 Å². The predicted molar refractivity (Wildman–Crippen MR) is 74.1 cm³/mol. The van der Waals surface area contributed by atoms with Crippen LogP contribution in [0.15, 0.2) is 12.2 Å². The standard InChI is InChI=1S/C13H27NOSi/c1-6-8-9-10-11-13(15)16(5,12-7-2)14(3)4/h10-11H,6-9,12H2,1-5H3/b11-10+. The fourth-order valence-corrected chi connectivity index (χ4v) is 4.33. The van der Waals surface area contributed by atoms with Crippen molar-refractivity contribution in [1.82, 2.24) is 4.57 Å². The smallest absolute Gasteiger partial charge is 0.206 e. The Morgan fingerprint density at radius 3 is 2.31 bits per heavy atom.